The van der Waals surface area contributed by atoms with Gasteiger partial charge in [0.25, 0.3) is 0 Å². The fraction of sp³-hybridized carbons (Fsp3) is 0.625. The average Bonchev–Trinajstić information content (AvgIpc) is 2.44. The summed E-state index contributed by atoms with van der Waals surface area (Å²) in [4.78, 5) is 0.634. The number of hydrogen-bond donors (Lipinski definition) is 1. The molecule has 2 rings (SSSR count). The lowest BCUT2D eigenvalue weighted by molar-refractivity contribution is 0.400. The van der Waals surface area contributed by atoms with Gasteiger partial charge in [-0.1, -0.05) is 44.2 Å². The van der Waals surface area contributed by atoms with E-state index in [1.165, 1.54) is 31.4 Å². The summed E-state index contributed by atoms with van der Waals surface area (Å²) in [5.41, 5.74) is 0. The lowest BCUT2D eigenvalue weighted by atomic mass is 9.96. The predicted octanol–water partition coefficient (Wildman–Crippen LogP) is 4.29. The second-order valence-electron chi connectivity index (χ2n) is 5.57. The summed E-state index contributed by atoms with van der Waals surface area (Å²) in [6.45, 7) is 2.95. The molecule has 0 heterocycles. The minimum atomic E-state index is -1.15. The Bertz CT molecular complexity index is 497. The standard InChI is InChI=1S/C16H23ClFNOS/c1-2-19-15-7-5-3-4-6-8-16(15)21(20)12-9-10-14(18)13(17)11-12/h9-11,15-16,19H,2-8H2,1H3. The first-order valence-electron chi connectivity index (χ1n) is 7.72. The molecule has 0 amide bonds. The maximum atomic E-state index is 13.3. The highest BCUT2D eigenvalue weighted by atomic mass is 35.5. The van der Waals surface area contributed by atoms with Crippen molar-refractivity contribution in [1.82, 2.24) is 5.32 Å². The van der Waals surface area contributed by atoms with Crippen molar-refractivity contribution in [3.05, 3.63) is 29.0 Å². The Labute approximate surface area is 133 Å². The molecular weight excluding hydrogens is 309 g/mol. The molecule has 1 fully saturated rings. The van der Waals surface area contributed by atoms with Gasteiger partial charge in [0, 0.05) is 10.9 Å². The lowest BCUT2D eigenvalue weighted by Gasteiger charge is -2.29. The molecular formula is C16H23ClFNOS. The molecule has 0 aliphatic heterocycles. The molecule has 0 saturated heterocycles. The predicted molar refractivity (Wildman–Crippen MR) is 86.8 cm³/mol. The Hall–Kier alpha value is -0.450. The van der Waals surface area contributed by atoms with Crippen LogP contribution in [0, 0.1) is 5.82 Å². The largest absolute Gasteiger partial charge is 0.313 e. The van der Waals surface area contributed by atoms with Crippen LogP contribution in [0.4, 0.5) is 4.39 Å². The Kier molecular flexibility index (Phi) is 6.65. The maximum Gasteiger partial charge on any atom is 0.141 e. The van der Waals surface area contributed by atoms with E-state index < -0.39 is 16.6 Å². The Balaban J connectivity index is 2.20. The van der Waals surface area contributed by atoms with Crippen molar-refractivity contribution in [2.45, 2.75) is 61.6 Å². The second-order valence-corrected chi connectivity index (χ2v) is 7.65. The maximum absolute atomic E-state index is 13.3. The normalized spacial score (nSPS) is 25.1. The van der Waals surface area contributed by atoms with E-state index in [0.717, 1.165) is 25.8 Å². The fourth-order valence-corrected chi connectivity index (χ4v) is 4.92. The van der Waals surface area contributed by atoms with Gasteiger partial charge in [0.05, 0.1) is 21.1 Å². The number of hydrogen-bond acceptors (Lipinski definition) is 2. The molecule has 118 valence electrons. The first-order chi connectivity index (χ1) is 10.1. The monoisotopic (exact) mass is 331 g/mol. The van der Waals surface area contributed by atoms with Gasteiger partial charge in [-0.15, -0.1) is 0 Å². The van der Waals surface area contributed by atoms with Gasteiger partial charge < -0.3 is 5.32 Å². The Morgan fingerprint density at radius 1 is 1.29 bits per heavy atom. The third-order valence-corrected chi connectivity index (χ3v) is 6.19. The van der Waals surface area contributed by atoms with Crippen LogP contribution in [0.15, 0.2) is 23.1 Å². The SMILES string of the molecule is CCNC1CCCCCCC1S(=O)c1ccc(F)c(Cl)c1. The molecule has 0 radical (unpaired) electrons. The number of halogens is 2. The molecule has 21 heavy (non-hydrogen) atoms. The van der Waals surface area contributed by atoms with Crippen LogP contribution >= 0.6 is 11.6 Å². The summed E-state index contributed by atoms with van der Waals surface area (Å²) in [7, 11) is -1.15. The first kappa shape index (κ1) is 16.9. The van der Waals surface area contributed by atoms with Crippen LogP contribution in [0.5, 0.6) is 0 Å². The van der Waals surface area contributed by atoms with E-state index in [1.54, 1.807) is 6.07 Å². The van der Waals surface area contributed by atoms with Crippen LogP contribution < -0.4 is 5.32 Å². The third-order valence-electron chi connectivity index (χ3n) is 4.07. The fourth-order valence-electron chi connectivity index (χ4n) is 2.98. The molecule has 0 aromatic heterocycles. The molecule has 2 nitrogen and oxygen atoms in total. The smallest absolute Gasteiger partial charge is 0.141 e. The lowest BCUT2D eigenvalue weighted by Crippen LogP contribution is -2.42. The highest BCUT2D eigenvalue weighted by Crippen LogP contribution is 2.27. The van der Waals surface area contributed by atoms with E-state index in [-0.39, 0.29) is 16.3 Å². The highest BCUT2D eigenvalue weighted by Gasteiger charge is 2.28. The molecule has 1 N–H and O–H groups in total. The van der Waals surface area contributed by atoms with Gasteiger partial charge in [0.1, 0.15) is 5.82 Å². The number of nitrogens with one attached hydrogen (secondary N) is 1. The second kappa shape index (κ2) is 8.25. The molecule has 1 saturated carbocycles. The van der Waals surface area contributed by atoms with Gasteiger partial charge in [0.15, 0.2) is 0 Å². The summed E-state index contributed by atoms with van der Waals surface area (Å²) < 4.78 is 26.2. The van der Waals surface area contributed by atoms with Crippen LogP contribution in [-0.2, 0) is 10.8 Å². The number of rotatable bonds is 4. The summed E-state index contributed by atoms with van der Waals surface area (Å²) >= 11 is 5.83. The Morgan fingerprint density at radius 3 is 2.67 bits per heavy atom. The van der Waals surface area contributed by atoms with Crippen molar-refractivity contribution in [2.75, 3.05) is 6.54 Å². The van der Waals surface area contributed by atoms with E-state index in [9.17, 15) is 8.60 Å². The molecule has 0 spiro atoms. The minimum absolute atomic E-state index is 0.0479. The number of benzene rings is 1. The van der Waals surface area contributed by atoms with Crippen molar-refractivity contribution >= 4 is 22.4 Å². The summed E-state index contributed by atoms with van der Waals surface area (Å²) in [6, 6.07) is 4.68. The van der Waals surface area contributed by atoms with Crippen LogP contribution in [0.2, 0.25) is 5.02 Å². The summed E-state index contributed by atoms with van der Waals surface area (Å²) in [6.07, 6.45) is 6.74. The van der Waals surface area contributed by atoms with Gasteiger partial charge in [0.2, 0.25) is 0 Å². The summed E-state index contributed by atoms with van der Waals surface area (Å²) in [5.74, 6) is -0.460. The van der Waals surface area contributed by atoms with E-state index in [1.807, 2.05) is 0 Å². The van der Waals surface area contributed by atoms with Crippen molar-refractivity contribution in [3.8, 4) is 0 Å². The molecule has 0 bridgehead atoms. The van der Waals surface area contributed by atoms with E-state index in [0.29, 0.717) is 4.90 Å². The van der Waals surface area contributed by atoms with Gasteiger partial charge in [-0.2, -0.15) is 0 Å². The summed E-state index contributed by atoms with van der Waals surface area (Å²) in [5, 5.41) is 3.60. The molecule has 3 unspecified atom stereocenters. The molecule has 1 aliphatic rings. The van der Waals surface area contributed by atoms with Crippen LogP contribution in [-0.4, -0.2) is 22.0 Å². The minimum Gasteiger partial charge on any atom is -0.313 e. The van der Waals surface area contributed by atoms with Crippen LogP contribution in [0.3, 0.4) is 0 Å². The zero-order valence-electron chi connectivity index (χ0n) is 12.4. The zero-order valence-corrected chi connectivity index (χ0v) is 14.0. The van der Waals surface area contributed by atoms with Crippen LogP contribution in [0.25, 0.3) is 0 Å². The molecule has 1 aromatic carbocycles. The first-order valence-corrected chi connectivity index (χ1v) is 9.31. The highest BCUT2D eigenvalue weighted by molar-refractivity contribution is 7.85. The van der Waals surface area contributed by atoms with Crippen molar-refractivity contribution in [2.24, 2.45) is 0 Å². The quantitative estimate of drug-likeness (QED) is 0.891. The van der Waals surface area contributed by atoms with E-state index in [4.69, 9.17) is 11.6 Å². The van der Waals surface area contributed by atoms with Gasteiger partial charge in [-0.05, 0) is 37.6 Å². The van der Waals surface area contributed by atoms with Gasteiger partial charge in [-0.3, -0.25) is 4.21 Å². The van der Waals surface area contributed by atoms with Crippen molar-refractivity contribution < 1.29 is 8.60 Å². The molecule has 1 aliphatic carbocycles. The molecule has 3 atom stereocenters. The van der Waals surface area contributed by atoms with Crippen LogP contribution in [0.1, 0.15) is 45.4 Å². The van der Waals surface area contributed by atoms with E-state index in [2.05, 4.69) is 12.2 Å². The van der Waals surface area contributed by atoms with E-state index >= 15 is 0 Å². The van der Waals surface area contributed by atoms with Crippen molar-refractivity contribution in [3.63, 3.8) is 0 Å². The zero-order chi connectivity index (χ0) is 15.2. The van der Waals surface area contributed by atoms with Gasteiger partial charge >= 0.3 is 0 Å². The topological polar surface area (TPSA) is 29.1 Å². The third kappa shape index (κ3) is 4.51. The van der Waals surface area contributed by atoms with Crippen molar-refractivity contribution in [1.29, 1.82) is 0 Å². The molecule has 1 aromatic rings. The molecule has 5 heteroatoms. The average molecular weight is 332 g/mol. The Morgan fingerprint density at radius 2 is 2.00 bits per heavy atom. The van der Waals surface area contributed by atoms with Gasteiger partial charge in [-0.25, -0.2) is 4.39 Å².